The van der Waals surface area contributed by atoms with Gasteiger partial charge in [-0.15, -0.1) is 0 Å². The van der Waals surface area contributed by atoms with Crippen molar-refractivity contribution in [1.82, 2.24) is 0 Å². The normalized spacial score (nSPS) is 28.8. The number of rotatable bonds is 4. The molecule has 0 bridgehead atoms. The fourth-order valence-electron chi connectivity index (χ4n) is 1.29. The smallest absolute Gasteiger partial charge is 0.303 e. The lowest BCUT2D eigenvalue weighted by molar-refractivity contribution is -0.178. The number of carbonyl (C=O) groups excluding carboxylic acids is 1. The van der Waals surface area contributed by atoms with Gasteiger partial charge in [0.15, 0.2) is 6.29 Å². The molecule has 16 heavy (non-hydrogen) atoms. The Balaban J connectivity index is 2.45. The monoisotopic (exact) mass is 246 g/mol. The van der Waals surface area contributed by atoms with Gasteiger partial charge >= 0.3 is 5.97 Å². The van der Waals surface area contributed by atoms with E-state index in [2.05, 4.69) is 6.58 Å². The van der Waals surface area contributed by atoms with E-state index in [9.17, 15) is 4.79 Å². The lowest BCUT2D eigenvalue weighted by Gasteiger charge is -2.29. The number of halogens is 1. The van der Waals surface area contributed by atoms with Gasteiger partial charge in [0, 0.05) is 12.0 Å². The Morgan fingerprint density at radius 2 is 2.25 bits per heavy atom. The first-order valence-corrected chi connectivity index (χ1v) is 5.32. The van der Waals surface area contributed by atoms with E-state index >= 15 is 0 Å². The van der Waals surface area contributed by atoms with Crippen LogP contribution in [0.1, 0.15) is 13.8 Å². The molecule has 0 saturated carbocycles. The van der Waals surface area contributed by atoms with Gasteiger partial charge in [-0.3, -0.25) is 4.79 Å². The summed E-state index contributed by atoms with van der Waals surface area (Å²) in [6.07, 6.45) is 2.35. The van der Waals surface area contributed by atoms with Crippen LogP contribution in [0.2, 0.25) is 0 Å². The average Bonchev–Trinajstić information content (AvgIpc) is 2.18. The summed E-state index contributed by atoms with van der Waals surface area (Å²) in [6, 6.07) is 0. The van der Waals surface area contributed by atoms with E-state index in [0.717, 1.165) is 0 Å². The number of hydrogen-bond donors (Lipinski definition) is 0. The molecule has 0 saturated heterocycles. The second-order valence-corrected chi connectivity index (χ2v) is 4.03. The lowest BCUT2D eigenvalue weighted by atomic mass is 10.1. The lowest BCUT2D eigenvalue weighted by Crippen LogP contribution is -2.36. The third kappa shape index (κ3) is 4.35. The highest BCUT2D eigenvalue weighted by atomic mass is 35.5. The van der Waals surface area contributed by atoms with E-state index in [0.29, 0.717) is 5.03 Å². The summed E-state index contributed by atoms with van der Waals surface area (Å²) < 4.78 is 15.8. The SMILES string of the molecule is C=C(Cl)CO[C@H]1C=C[C@@H](OC(C)=O)[C@H](C)O1. The highest BCUT2D eigenvalue weighted by molar-refractivity contribution is 6.29. The minimum absolute atomic E-state index is 0.224. The Bertz CT molecular complexity index is 300. The number of esters is 1. The molecule has 4 nitrogen and oxygen atoms in total. The van der Waals surface area contributed by atoms with Crippen molar-refractivity contribution < 1.29 is 19.0 Å². The fraction of sp³-hybridized carbons (Fsp3) is 0.545. The first kappa shape index (κ1) is 13.2. The topological polar surface area (TPSA) is 44.8 Å². The second-order valence-electron chi connectivity index (χ2n) is 3.50. The zero-order chi connectivity index (χ0) is 12.1. The number of carbonyl (C=O) groups is 1. The quantitative estimate of drug-likeness (QED) is 0.562. The number of ether oxygens (including phenoxy) is 3. The van der Waals surface area contributed by atoms with Crippen LogP contribution in [0.5, 0.6) is 0 Å². The van der Waals surface area contributed by atoms with E-state index in [1.807, 2.05) is 6.92 Å². The maximum atomic E-state index is 10.8. The van der Waals surface area contributed by atoms with Crippen LogP contribution in [0.3, 0.4) is 0 Å². The molecular formula is C11H15ClO4. The first-order chi connectivity index (χ1) is 7.49. The van der Waals surface area contributed by atoms with Crippen LogP contribution >= 0.6 is 11.6 Å². The molecule has 3 atom stereocenters. The van der Waals surface area contributed by atoms with Crippen molar-refractivity contribution in [3.05, 3.63) is 23.8 Å². The molecule has 0 spiro atoms. The molecule has 1 rings (SSSR count). The van der Waals surface area contributed by atoms with Gasteiger partial charge in [-0.05, 0) is 19.1 Å². The van der Waals surface area contributed by atoms with Crippen molar-refractivity contribution in [2.24, 2.45) is 0 Å². The molecule has 0 N–H and O–H groups in total. The van der Waals surface area contributed by atoms with E-state index in [1.165, 1.54) is 6.92 Å². The molecule has 0 amide bonds. The summed E-state index contributed by atoms with van der Waals surface area (Å²) in [4.78, 5) is 10.8. The minimum atomic E-state index is -0.475. The van der Waals surface area contributed by atoms with Crippen LogP contribution in [-0.4, -0.2) is 31.1 Å². The zero-order valence-electron chi connectivity index (χ0n) is 9.31. The second kappa shape index (κ2) is 6.03. The van der Waals surface area contributed by atoms with Crippen LogP contribution in [-0.2, 0) is 19.0 Å². The van der Waals surface area contributed by atoms with Crippen molar-refractivity contribution in [1.29, 1.82) is 0 Å². The van der Waals surface area contributed by atoms with Gasteiger partial charge in [-0.1, -0.05) is 18.2 Å². The molecule has 5 heteroatoms. The van der Waals surface area contributed by atoms with Crippen molar-refractivity contribution >= 4 is 17.6 Å². The molecule has 0 aliphatic carbocycles. The molecule has 90 valence electrons. The summed E-state index contributed by atoms with van der Waals surface area (Å²) in [7, 11) is 0. The van der Waals surface area contributed by atoms with Gasteiger partial charge in [0.25, 0.3) is 0 Å². The van der Waals surface area contributed by atoms with Gasteiger partial charge in [0.2, 0.25) is 0 Å². The van der Waals surface area contributed by atoms with Crippen molar-refractivity contribution in [3.63, 3.8) is 0 Å². The molecule has 1 aliphatic rings. The van der Waals surface area contributed by atoms with Crippen molar-refractivity contribution in [2.45, 2.75) is 32.3 Å². The molecule has 0 aromatic rings. The summed E-state index contributed by atoms with van der Waals surface area (Å²) in [6.45, 7) is 6.90. The summed E-state index contributed by atoms with van der Waals surface area (Å²) in [5.74, 6) is -0.335. The van der Waals surface area contributed by atoms with E-state index < -0.39 is 6.29 Å². The third-order valence-electron chi connectivity index (χ3n) is 1.98. The van der Waals surface area contributed by atoms with Gasteiger partial charge in [0.05, 0.1) is 12.7 Å². The molecular weight excluding hydrogens is 232 g/mol. The third-order valence-corrected chi connectivity index (χ3v) is 2.08. The van der Waals surface area contributed by atoms with Crippen LogP contribution < -0.4 is 0 Å². The van der Waals surface area contributed by atoms with Crippen LogP contribution in [0.4, 0.5) is 0 Å². The average molecular weight is 247 g/mol. The molecule has 0 radical (unpaired) electrons. The van der Waals surface area contributed by atoms with Gasteiger partial charge in [-0.2, -0.15) is 0 Å². The molecule has 0 unspecified atom stereocenters. The maximum Gasteiger partial charge on any atom is 0.303 e. The molecule has 1 heterocycles. The largest absolute Gasteiger partial charge is 0.456 e. The number of hydrogen-bond acceptors (Lipinski definition) is 4. The predicted molar refractivity (Wildman–Crippen MR) is 60.0 cm³/mol. The minimum Gasteiger partial charge on any atom is -0.456 e. The van der Waals surface area contributed by atoms with E-state index in [-0.39, 0.29) is 24.8 Å². The van der Waals surface area contributed by atoms with Crippen molar-refractivity contribution in [2.75, 3.05) is 6.61 Å². The van der Waals surface area contributed by atoms with E-state index in [4.69, 9.17) is 25.8 Å². The maximum absolute atomic E-state index is 10.8. The standard InChI is InChI=1S/C11H15ClO4/c1-7(12)6-14-11-5-4-10(8(2)15-11)16-9(3)13/h4-5,8,10-11H,1,6H2,2-3H3/t8-,10+,11+/m0/s1. The van der Waals surface area contributed by atoms with Crippen LogP contribution in [0.15, 0.2) is 23.8 Å². The van der Waals surface area contributed by atoms with Gasteiger partial charge < -0.3 is 14.2 Å². The molecule has 1 aliphatic heterocycles. The zero-order valence-corrected chi connectivity index (χ0v) is 10.1. The Kier molecular flexibility index (Phi) is 4.99. The molecule has 0 aromatic heterocycles. The van der Waals surface area contributed by atoms with Gasteiger partial charge in [-0.25, -0.2) is 0 Å². The Morgan fingerprint density at radius 1 is 1.56 bits per heavy atom. The highest BCUT2D eigenvalue weighted by Gasteiger charge is 2.26. The van der Waals surface area contributed by atoms with E-state index in [1.54, 1.807) is 12.2 Å². The molecule has 0 aromatic carbocycles. The Morgan fingerprint density at radius 3 is 2.75 bits per heavy atom. The highest BCUT2D eigenvalue weighted by Crippen LogP contribution is 2.17. The predicted octanol–water partition coefficient (Wildman–Crippen LogP) is 1.99. The summed E-state index contributed by atoms with van der Waals surface area (Å²) >= 11 is 5.56. The fourth-order valence-corrected chi connectivity index (χ4v) is 1.35. The Labute approximate surface area is 99.8 Å². The van der Waals surface area contributed by atoms with Crippen molar-refractivity contribution in [3.8, 4) is 0 Å². The van der Waals surface area contributed by atoms with Crippen LogP contribution in [0, 0.1) is 0 Å². The molecule has 0 fully saturated rings. The summed E-state index contributed by atoms with van der Waals surface area (Å²) in [5, 5.41) is 0.409. The Hall–Kier alpha value is -0.840. The van der Waals surface area contributed by atoms with Gasteiger partial charge in [0.1, 0.15) is 6.10 Å². The first-order valence-electron chi connectivity index (χ1n) is 4.95. The summed E-state index contributed by atoms with van der Waals surface area (Å²) in [5.41, 5.74) is 0. The van der Waals surface area contributed by atoms with Crippen LogP contribution in [0.25, 0.3) is 0 Å².